The molecular formula is C29H54N2O3. The van der Waals surface area contributed by atoms with Crippen molar-refractivity contribution >= 4 is 5.84 Å². The Morgan fingerprint density at radius 2 is 1.82 bits per heavy atom. The summed E-state index contributed by atoms with van der Waals surface area (Å²) in [5, 5.41) is 13.9. The lowest BCUT2D eigenvalue weighted by atomic mass is 9.81. The van der Waals surface area contributed by atoms with Crippen molar-refractivity contribution in [1.29, 1.82) is 0 Å². The van der Waals surface area contributed by atoms with Gasteiger partial charge < -0.3 is 19.9 Å². The van der Waals surface area contributed by atoms with Gasteiger partial charge in [-0.1, -0.05) is 45.6 Å². The van der Waals surface area contributed by atoms with Gasteiger partial charge >= 0.3 is 0 Å². The fourth-order valence-electron chi connectivity index (χ4n) is 5.33. The highest BCUT2D eigenvalue weighted by atomic mass is 16.6. The van der Waals surface area contributed by atoms with Crippen LogP contribution in [0.5, 0.6) is 0 Å². The maximum atomic E-state index is 10.4. The van der Waals surface area contributed by atoms with Crippen molar-refractivity contribution in [3.05, 3.63) is 11.8 Å². The zero-order valence-corrected chi connectivity index (χ0v) is 23.2. The van der Waals surface area contributed by atoms with E-state index in [4.69, 9.17) is 14.5 Å². The molecule has 0 radical (unpaired) electrons. The molecule has 0 saturated carbocycles. The van der Waals surface area contributed by atoms with Gasteiger partial charge in [-0.05, 0) is 84.5 Å². The highest BCUT2D eigenvalue weighted by molar-refractivity contribution is 5.87. The molecule has 0 aromatic heterocycles. The minimum Gasteiger partial charge on any atom is -0.382 e. The standard InChI is InChI=1S/C29H54N2O3/c1-21(12-8-9-16-26-18-17-24-15-11-19-30-27(24)31-26)25(20-23(3)33-7)14-10-13-22(2)28(32)34-29(4,5)6/h18,21-25,28,32H,8-17,19-20H2,1-7H3,(H,30,31)/t21?,22?,23-,24?,25?,28?/m1/s1. The zero-order chi connectivity index (χ0) is 25.1. The number of piperidine rings is 1. The number of nitrogens with zero attached hydrogens (tertiary/aromatic N) is 1. The van der Waals surface area contributed by atoms with Crippen LogP contribution in [0.4, 0.5) is 0 Å². The molecule has 1 fully saturated rings. The quantitative estimate of drug-likeness (QED) is 0.200. The minimum atomic E-state index is -0.689. The molecular weight excluding hydrogens is 424 g/mol. The van der Waals surface area contributed by atoms with Crippen LogP contribution >= 0.6 is 0 Å². The second-order valence-corrected chi connectivity index (χ2v) is 12.0. The molecule has 5 heteroatoms. The van der Waals surface area contributed by atoms with Gasteiger partial charge in [-0.15, -0.1) is 0 Å². The molecule has 0 aliphatic carbocycles. The summed E-state index contributed by atoms with van der Waals surface area (Å²) >= 11 is 0. The van der Waals surface area contributed by atoms with Crippen molar-refractivity contribution in [3.63, 3.8) is 0 Å². The predicted molar refractivity (Wildman–Crippen MR) is 143 cm³/mol. The van der Waals surface area contributed by atoms with Crippen LogP contribution in [0.25, 0.3) is 0 Å². The Bertz CT molecular complexity index is 640. The van der Waals surface area contributed by atoms with Crippen LogP contribution in [-0.2, 0) is 9.47 Å². The number of fused-ring (bicyclic) bond motifs is 1. The molecule has 2 N–H and O–H groups in total. The van der Waals surface area contributed by atoms with Gasteiger partial charge in [0.15, 0.2) is 6.29 Å². The Balaban J connectivity index is 1.74. The predicted octanol–water partition coefficient (Wildman–Crippen LogP) is 6.85. The molecule has 0 bridgehead atoms. The number of methoxy groups -OCH3 is 1. The van der Waals surface area contributed by atoms with Crippen molar-refractivity contribution in [2.24, 2.45) is 28.7 Å². The Labute approximate surface area is 210 Å². The van der Waals surface area contributed by atoms with E-state index in [9.17, 15) is 5.11 Å². The average Bonchev–Trinajstić information content (AvgIpc) is 2.79. The highest BCUT2D eigenvalue weighted by Gasteiger charge is 2.25. The summed E-state index contributed by atoms with van der Waals surface area (Å²) in [7, 11) is 1.82. The number of nitrogens with one attached hydrogen (secondary N) is 1. The molecule has 6 atom stereocenters. The summed E-state index contributed by atoms with van der Waals surface area (Å²) in [6.45, 7) is 13.8. The van der Waals surface area contributed by atoms with E-state index < -0.39 is 6.29 Å². The number of aliphatic hydroxyl groups excluding tert-OH is 1. The SMILES string of the molecule is CO[C@H](C)CC(CCCC(C)C(O)OC(C)(C)C)C(C)CCCCC1=CCC2CCCNC2=N1. The molecule has 198 valence electrons. The number of aliphatic hydroxyl groups is 1. The molecule has 5 nitrogen and oxygen atoms in total. The number of rotatable bonds is 15. The third-order valence-electron chi connectivity index (χ3n) is 7.70. The number of amidine groups is 1. The van der Waals surface area contributed by atoms with Crippen LogP contribution in [0.2, 0.25) is 0 Å². The van der Waals surface area contributed by atoms with Gasteiger partial charge in [0.1, 0.15) is 5.84 Å². The Morgan fingerprint density at radius 1 is 1.09 bits per heavy atom. The Morgan fingerprint density at radius 3 is 2.53 bits per heavy atom. The van der Waals surface area contributed by atoms with Gasteiger partial charge in [0.2, 0.25) is 0 Å². The fourth-order valence-corrected chi connectivity index (χ4v) is 5.33. The number of ether oxygens (including phenoxy) is 2. The van der Waals surface area contributed by atoms with Crippen molar-refractivity contribution in [3.8, 4) is 0 Å². The number of allylic oxidation sites excluding steroid dienone is 2. The van der Waals surface area contributed by atoms with E-state index in [-0.39, 0.29) is 11.5 Å². The Hall–Kier alpha value is -0.910. The molecule has 2 rings (SSSR count). The van der Waals surface area contributed by atoms with Gasteiger partial charge in [0.05, 0.1) is 11.7 Å². The first-order valence-electron chi connectivity index (χ1n) is 14.0. The zero-order valence-electron chi connectivity index (χ0n) is 23.2. The lowest BCUT2D eigenvalue weighted by Gasteiger charge is -2.29. The van der Waals surface area contributed by atoms with Crippen LogP contribution in [0.1, 0.15) is 112 Å². The fraction of sp³-hybridized carbons (Fsp3) is 0.897. The number of hydrogen-bond acceptors (Lipinski definition) is 5. The van der Waals surface area contributed by atoms with Crippen molar-refractivity contribution in [2.45, 2.75) is 130 Å². The summed E-state index contributed by atoms with van der Waals surface area (Å²) in [6.07, 6.45) is 15.0. The van der Waals surface area contributed by atoms with E-state index in [1.54, 1.807) is 0 Å². The smallest absolute Gasteiger partial charge is 0.157 e. The third-order valence-corrected chi connectivity index (χ3v) is 7.70. The van der Waals surface area contributed by atoms with E-state index in [1.165, 1.54) is 56.5 Å². The molecule has 2 aliphatic rings. The van der Waals surface area contributed by atoms with E-state index in [0.29, 0.717) is 23.9 Å². The van der Waals surface area contributed by atoms with Crippen molar-refractivity contribution in [2.75, 3.05) is 13.7 Å². The topological polar surface area (TPSA) is 63.1 Å². The molecule has 1 saturated heterocycles. The lowest BCUT2D eigenvalue weighted by molar-refractivity contribution is -0.190. The summed E-state index contributed by atoms with van der Waals surface area (Å²) in [4.78, 5) is 4.92. The summed E-state index contributed by atoms with van der Waals surface area (Å²) in [6, 6.07) is 0. The van der Waals surface area contributed by atoms with Crippen LogP contribution in [0, 0.1) is 23.7 Å². The van der Waals surface area contributed by atoms with Gasteiger partial charge in [-0.3, -0.25) is 0 Å². The first-order chi connectivity index (χ1) is 16.1. The highest BCUT2D eigenvalue weighted by Crippen LogP contribution is 2.31. The summed E-state index contributed by atoms with van der Waals surface area (Å²) in [5.74, 6) is 3.38. The molecule has 0 amide bonds. The molecule has 0 aromatic rings. The second-order valence-electron chi connectivity index (χ2n) is 12.0. The van der Waals surface area contributed by atoms with Crippen molar-refractivity contribution in [1.82, 2.24) is 5.32 Å². The van der Waals surface area contributed by atoms with E-state index >= 15 is 0 Å². The van der Waals surface area contributed by atoms with Gasteiger partial charge in [-0.25, -0.2) is 4.99 Å². The lowest BCUT2D eigenvalue weighted by Crippen LogP contribution is -2.37. The second kappa shape index (κ2) is 14.6. The van der Waals surface area contributed by atoms with Gasteiger partial charge in [0.25, 0.3) is 0 Å². The third kappa shape index (κ3) is 10.8. The number of hydrogen-bond donors (Lipinski definition) is 2. The Kier molecular flexibility index (Phi) is 12.6. The summed E-state index contributed by atoms with van der Waals surface area (Å²) in [5.41, 5.74) is 0.982. The number of unbranched alkanes of at least 4 members (excludes halogenated alkanes) is 1. The molecule has 5 unspecified atom stereocenters. The average molecular weight is 479 g/mol. The van der Waals surface area contributed by atoms with Crippen LogP contribution < -0.4 is 5.32 Å². The molecule has 34 heavy (non-hydrogen) atoms. The molecule has 2 heterocycles. The monoisotopic (exact) mass is 478 g/mol. The van der Waals surface area contributed by atoms with Crippen molar-refractivity contribution < 1.29 is 14.6 Å². The first-order valence-corrected chi connectivity index (χ1v) is 14.0. The van der Waals surface area contributed by atoms with Gasteiger partial charge in [0, 0.05) is 31.2 Å². The van der Waals surface area contributed by atoms with Crippen LogP contribution in [-0.4, -0.2) is 42.6 Å². The minimum absolute atomic E-state index is 0.152. The van der Waals surface area contributed by atoms with E-state index in [0.717, 1.165) is 32.2 Å². The molecule has 0 spiro atoms. The number of aliphatic imine (C=N–C) groups is 1. The van der Waals surface area contributed by atoms with E-state index in [2.05, 4.69) is 32.2 Å². The molecule has 2 aliphatic heterocycles. The summed E-state index contributed by atoms with van der Waals surface area (Å²) < 4.78 is 11.4. The first kappa shape index (κ1) is 29.3. The molecule has 0 aromatic carbocycles. The van der Waals surface area contributed by atoms with Gasteiger partial charge in [-0.2, -0.15) is 0 Å². The van der Waals surface area contributed by atoms with E-state index in [1.807, 2.05) is 27.9 Å². The van der Waals surface area contributed by atoms with Crippen LogP contribution in [0.15, 0.2) is 16.8 Å². The normalized spacial score (nSPS) is 23.1. The maximum Gasteiger partial charge on any atom is 0.157 e. The maximum absolute atomic E-state index is 10.4. The largest absolute Gasteiger partial charge is 0.382 e. The van der Waals surface area contributed by atoms with Crippen LogP contribution in [0.3, 0.4) is 0 Å².